The fourth-order valence-corrected chi connectivity index (χ4v) is 4.23. The molecule has 1 fully saturated rings. The molecule has 0 saturated carbocycles. The Kier molecular flexibility index (Phi) is 5.51. The van der Waals surface area contributed by atoms with Crippen LogP contribution in [0.4, 0.5) is 4.79 Å². The smallest absolute Gasteiger partial charge is 0.315 e. The molecule has 2 rings (SSSR count). The SMILES string of the molecule is Cc1cc(C)c(OCCNC(=O)NC2CCS(=O)(=O)C2)cc1C. The highest BCUT2D eigenvalue weighted by Gasteiger charge is 2.28. The predicted molar refractivity (Wildman–Crippen MR) is 89.7 cm³/mol. The molecular formula is C16H24N2O4S. The Bertz CT molecular complexity index is 686. The predicted octanol–water partition coefficient (Wildman–Crippen LogP) is 1.48. The van der Waals surface area contributed by atoms with Crippen molar-refractivity contribution in [2.75, 3.05) is 24.7 Å². The van der Waals surface area contributed by atoms with Crippen molar-refractivity contribution in [3.05, 3.63) is 28.8 Å². The van der Waals surface area contributed by atoms with Crippen molar-refractivity contribution in [2.24, 2.45) is 0 Å². The van der Waals surface area contributed by atoms with Gasteiger partial charge in [-0.2, -0.15) is 0 Å². The summed E-state index contributed by atoms with van der Waals surface area (Å²) < 4.78 is 28.4. The third kappa shape index (κ3) is 5.13. The molecule has 1 aromatic carbocycles. The first kappa shape index (κ1) is 17.6. The summed E-state index contributed by atoms with van der Waals surface area (Å²) in [6.07, 6.45) is 0.480. The summed E-state index contributed by atoms with van der Waals surface area (Å²) >= 11 is 0. The van der Waals surface area contributed by atoms with Crippen LogP contribution >= 0.6 is 0 Å². The second-order valence-corrected chi connectivity index (χ2v) is 8.28. The number of carbonyl (C=O) groups excluding carboxylic acids is 1. The summed E-state index contributed by atoms with van der Waals surface area (Å²) in [6, 6.07) is 3.43. The Labute approximate surface area is 137 Å². The molecule has 1 heterocycles. The first-order valence-corrected chi connectivity index (χ1v) is 9.54. The Morgan fingerprint density at radius 3 is 2.57 bits per heavy atom. The number of sulfone groups is 1. The fraction of sp³-hybridized carbons (Fsp3) is 0.562. The van der Waals surface area contributed by atoms with Gasteiger partial charge in [0.2, 0.25) is 0 Å². The van der Waals surface area contributed by atoms with E-state index < -0.39 is 9.84 Å². The van der Waals surface area contributed by atoms with Gasteiger partial charge in [-0.15, -0.1) is 0 Å². The van der Waals surface area contributed by atoms with Gasteiger partial charge in [0.1, 0.15) is 12.4 Å². The molecular weight excluding hydrogens is 316 g/mol. The van der Waals surface area contributed by atoms with Gasteiger partial charge in [-0.1, -0.05) is 6.07 Å². The van der Waals surface area contributed by atoms with E-state index in [0.29, 0.717) is 19.6 Å². The van der Waals surface area contributed by atoms with Crippen LogP contribution in [-0.4, -0.2) is 45.1 Å². The Morgan fingerprint density at radius 1 is 1.22 bits per heavy atom. The molecule has 2 amide bonds. The lowest BCUT2D eigenvalue weighted by Gasteiger charge is -2.14. The van der Waals surface area contributed by atoms with Crippen molar-refractivity contribution in [3.63, 3.8) is 0 Å². The zero-order chi connectivity index (χ0) is 17.0. The van der Waals surface area contributed by atoms with Crippen LogP contribution in [0.1, 0.15) is 23.1 Å². The van der Waals surface area contributed by atoms with E-state index in [-0.39, 0.29) is 23.6 Å². The van der Waals surface area contributed by atoms with Gasteiger partial charge in [0, 0.05) is 6.04 Å². The van der Waals surface area contributed by atoms with Crippen molar-refractivity contribution in [1.82, 2.24) is 10.6 Å². The van der Waals surface area contributed by atoms with E-state index in [4.69, 9.17) is 4.74 Å². The minimum atomic E-state index is -2.98. The van der Waals surface area contributed by atoms with Gasteiger partial charge < -0.3 is 15.4 Å². The highest BCUT2D eigenvalue weighted by Crippen LogP contribution is 2.22. The van der Waals surface area contributed by atoms with E-state index in [1.807, 2.05) is 19.9 Å². The lowest BCUT2D eigenvalue weighted by Crippen LogP contribution is -2.43. The molecule has 0 spiro atoms. The molecule has 128 valence electrons. The zero-order valence-corrected chi connectivity index (χ0v) is 14.6. The van der Waals surface area contributed by atoms with Crippen LogP contribution in [0.2, 0.25) is 0 Å². The van der Waals surface area contributed by atoms with Crippen molar-refractivity contribution >= 4 is 15.9 Å². The van der Waals surface area contributed by atoms with Gasteiger partial charge in [-0.3, -0.25) is 0 Å². The van der Waals surface area contributed by atoms with Gasteiger partial charge in [-0.05, 0) is 49.9 Å². The van der Waals surface area contributed by atoms with Crippen LogP contribution in [0, 0.1) is 20.8 Å². The number of urea groups is 1. The maximum atomic E-state index is 11.7. The second-order valence-electron chi connectivity index (χ2n) is 6.05. The average molecular weight is 340 g/mol. The van der Waals surface area contributed by atoms with E-state index in [2.05, 4.69) is 23.6 Å². The number of rotatable bonds is 5. The molecule has 1 aromatic rings. The fourth-order valence-electron chi connectivity index (χ4n) is 2.56. The maximum Gasteiger partial charge on any atom is 0.315 e. The van der Waals surface area contributed by atoms with Crippen molar-refractivity contribution in [3.8, 4) is 5.75 Å². The number of amides is 2. The van der Waals surface area contributed by atoms with Crippen molar-refractivity contribution in [1.29, 1.82) is 0 Å². The topological polar surface area (TPSA) is 84.5 Å². The number of hydrogen-bond donors (Lipinski definition) is 2. The standard InChI is InChI=1S/C16H24N2O4S/c1-11-8-13(3)15(9-12(11)2)22-6-5-17-16(19)18-14-4-7-23(20,21)10-14/h8-9,14H,4-7,10H2,1-3H3,(H2,17,18,19). The molecule has 2 N–H and O–H groups in total. The number of hydrogen-bond acceptors (Lipinski definition) is 4. The van der Waals surface area contributed by atoms with Crippen molar-refractivity contribution in [2.45, 2.75) is 33.2 Å². The number of carbonyl (C=O) groups is 1. The molecule has 1 aliphatic rings. The summed E-state index contributed by atoms with van der Waals surface area (Å²) in [6.45, 7) is 6.80. The highest BCUT2D eigenvalue weighted by atomic mass is 32.2. The molecule has 1 saturated heterocycles. The maximum absolute atomic E-state index is 11.7. The first-order chi connectivity index (χ1) is 10.8. The Balaban J connectivity index is 1.71. The van der Waals surface area contributed by atoms with Gasteiger partial charge >= 0.3 is 6.03 Å². The third-order valence-corrected chi connectivity index (χ3v) is 5.77. The Hall–Kier alpha value is -1.76. The molecule has 23 heavy (non-hydrogen) atoms. The minimum Gasteiger partial charge on any atom is -0.491 e. The lowest BCUT2D eigenvalue weighted by molar-refractivity contribution is 0.233. The second kappa shape index (κ2) is 7.21. The molecule has 7 heteroatoms. The van der Waals surface area contributed by atoms with Gasteiger partial charge in [-0.25, -0.2) is 13.2 Å². The molecule has 1 atom stereocenters. The summed E-state index contributed by atoms with van der Waals surface area (Å²) in [7, 11) is -2.98. The minimum absolute atomic E-state index is 0.0265. The van der Waals surface area contributed by atoms with Crippen LogP contribution in [0.5, 0.6) is 5.75 Å². The van der Waals surface area contributed by atoms with E-state index >= 15 is 0 Å². The first-order valence-electron chi connectivity index (χ1n) is 7.72. The molecule has 0 aliphatic carbocycles. The van der Waals surface area contributed by atoms with Crippen LogP contribution in [0.25, 0.3) is 0 Å². The zero-order valence-electron chi connectivity index (χ0n) is 13.8. The summed E-state index contributed by atoms with van der Waals surface area (Å²) in [4.78, 5) is 11.7. The summed E-state index contributed by atoms with van der Waals surface area (Å²) in [5.41, 5.74) is 3.45. The number of nitrogens with one attached hydrogen (secondary N) is 2. The summed E-state index contributed by atoms with van der Waals surface area (Å²) in [5.74, 6) is 0.989. The highest BCUT2D eigenvalue weighted by molar-refractivity contribution is 7.91. The largest absolute Gasteiger partial charge is 0.491 e. The lowest BCUT2D eigenvalue weighted by atomic mass is 10.1. The van der Waals surface area contributed by atoms with E-state index in [0.717, 1.165) is 11.3 Å². The van der Waals surface area contributed by atoms with Gasteiger partial charge in [0.05, 0.1) is 18.1 Å². The number of aryl methyl sites for hydroxylation is 3. The molecule has 0 aromatic heterocycles. The summed E-state index contributed by atoms with van der Waals surface area (Å²) in [5, 5.41) is 5.36. The van der Waals surface area contributed by atoms with Crippen LogP contribution in [0.15, 0.2) is 12.1 Å². The van der Waals surface area contributed by atoms with Crippen LogP contribution in [-0.2, 0) is 9.84 Å². The molecule has 1 aliphatic heterocycles. The average Bonchev–Trinajstić information content (AvgIpc) is 2.79. The molecule has 1 unspecified atom stereocenters. The van der Waals surface area contributed by atoms with Crippen molar-refractivity contribution < 1.29 is 17.9 Å². The molecule has 0 bridgehead atoms. The molecule has 6 nitrogen and oxygen atoms in total. The van der Waals surface area contributed by atoms with Gasteiger partial charge in [0.25, 0.3) is 0 Å². The van der Waals surface area contributed by atoms with Crippen LogP contribution < -0.4 is 15.4 Å². The van der Waals surface area contributed by atoms with E-state index in [9.17, 15) is 13.2 Å². The van der Waals surface area contributed by atoms with Crippen LogP contribution in [0.3, 0.4) is 0 Å². The quantitative estimate of drug-likeness (QED) is 0.795. The van der Waals surface area contributed by atoms with Gasteiger partial charge in [0.15, 0.2) is 9.84 Å². The molecule has 0 radical (unpaired) electrons. The third-order valence-electron chi connectivity index (χ3n) is 4.00. The van der Waals surface area contributed by atoms with E-state index in [1.165, 1.54) is 11.1 Å². The number of benzene rings is 1. The Morgan fingerprint density at radius 2 is 1.91 bits per heavy atom. The number of ether oxygens (including phenoxy) is 1. The monoisotopic (exact) mass is 340 g/mol. The normalized spacial score (nSPS) is 19.3. The van der Waals surface area contributed by atoms with E-state index in [1.54, 1.807) is 0 Å².